The number of halogens is 1. The average molecular weight is 353 g/mol. The smallest absolute Gasteiger partial charge is 0.275 e. The second kappa shape index (κ2) is 7.36. The quantitative estimate of drug-likeness (QED) is 0.526. The van der Waals surface area contributed by atoms with Crippen LogP contribution in [0.3, 0.4) is 0 Å². The fourth-order valence-electron chi connectivity index (χ4n) is 2.58. The van der Waals surface area contributed by atoms with Gasteiger partial charge in [0.25, 0.3) is 5.91 Å². The van der Waals surface area contributed by atoms with Crippen molar-refractivity contribution in [3.63, 3.8) is 0 Å². The Balaban J connectivity index is 1.86. The van der Waals surface area contributed by atoms with Gasteiger partial charge in [0.2, 0.25) is 0 Å². The van der Waals surface area contributed by atoms with Gasteiger partial charge < -0.3 is 5.11 Å². The summed E-state index contributed by atoms with van der Waals surface area (Å²) in [6.45, 7) is 1.95. The second-order valence-electron chi connectivity index (χ2n) is 5.58. The number of hydrogen-bond donors (Lipinski definition) is 2. The number of fused-ring (bicyclic) bond motifs is 1. The number of phenolic OH excluding ortho intramolecular Hbond substituents is 1. The SMILES string of the molecule is CC/C(=N\NC(=O)c1cc2ccccc2cc1O)c1ccc(Cl)cc1. The van der Waals surface area contributed by atoms with Gasteiger partial charge in [-0.3, -0.25) is 4.79 Å². The van der Waals surface area contributed by atoms with Crippen molar-refractivity contribution >= 4 is 34.0 Å². The Morgan fingerprint density at radius 2 is 1.72 bits per heavy atom. The zero-order valence-corrected chi connectivity index (χ0v) is 14.4. The summed E-state index contributed by atoms with van der Waals surface area (Å²) >= 11 is 5.89. The number of carbonyl (C=O) groups excluding carboxylic acids is 1. The third kappa shape index (κ3) is 3.80. The molecular formula is C20H17ClN2O2. The van der Waals surface area contributed by atoms with Crippen molar-refractivity contribution in [3.8, 4) is 5.75 Å². The molecule has 0 bridgehead atoms. The summed E-state index contributed by atoms with van der Waals surface area (Å²) in [6.07, 6.45) is 0.644. The van der Waals surface area contributed by atoms with Gasteiger partial charge in [-0.1, -0.05) is 54.9 Å². The molecule has 0 aliphatic heterocycles. The standard InChI is InChI=1S/C20H17ClN2O2/c1-2-18(13-7-9-16(21)10-8-13)22-23-20(25)17-11-14-5-3-4-6-15(14)12-19(17)24/h3-12,24H,2H2,1H3,(H,23,25)/b22-18+. The summed E-state index contributed by atoms with van der Waals surface area (Å²) in [5.74, 6) is -0.529. The number of amides is 1. The molecule has 3 aromatic carbocycles. The molecule has 3 aromatic rings. The molecule has 0 aliphatic carbocycles. The Hall–Kier alpha value is -2.85. The molecule has 0 spiro atoms. The summed E-state index contributed by atoms with van der Waals surface area (Å²) in [7, 11) is 0. The van der Waals surface area contributed by atoms with E-state index in [0.717, 1.165) is 22.0 Å². The number of rotatable bonds is 4. The largest absolute Gasteiger partial charge is 0.507 e. The zero-order valence-electron chi connectivity index (χ0n) is 13.7. The van der Waals surface area contributed by atoms with E-state index in [9.17, 15) is 9.90 Å². The van der Waals surface area contributed by atoms with Crippen molar-refractivity contribution in [2.24, 2.45) is 5.10 Å². The zero-order chi connectivity index (χ0) is 17.8. The third-order valence-electron chi connectivity index (χ3n) is 3.91. The number of benzene rings is 3. The first-order valence-electron chi connectivity index (χ1n) is 7.93. The van der Waals surface area contributed by atoms with Crippen LogP contribution in [0.15, 0.2) is 65.8 Å². The van der Waals surface area contributed by atoms with E-state index in [1.54, 1.807) is 24.3 Å². The number of hydrazone groups is 1. The maximum Gasteiger partial charge on any atom is 0.275 e. The average Bonchev–Trinajstić information content (AvgIpc) is 2.62. The van der Waals surface area contributed by atoms with Crippen LogP contribution in [0.4, 0.5) is 0 Å². The molecule has 0 radical (unpaired) electrons. The normalized spacial score (nSPS) is 11.5. The van der Waals surface area contributed by atoms with Crippen molar-refractivity contribution in [2.45, 2.75) is 13.3 Å². The van der Waals surface area contributed by atoms with Crippen LogP contribution in [0.25, 0.3) is 10.8 Å². The number of phenols is 1. The maximum absolute atomic E-state index is 12.4. The van der Waals surface area contributed by atoms with E-state index in [1.807, 2.05) is 43.3 Å². The lowest BCUT2D eigenvalue weighted by Crippen LogP contribution is -2.20. The lowest BCUT2D eigenvalue weighted by atomic mass is 10.1. The van der Waals surface area contributed by atoms with Crippen LogP contribution in [0.5, 0.6) is 5.75 Å². The Labute approximate surface area is 150 Å². The third-order valence-corrected chi connectivity index (χ3v) is 4.17. The maximum atomic E-state index is 12.4. The monoisotopic (exact) mass is 352 g/mol. The van der Waals surface area contributed by atoms with Gasteiger partial charge in [-0.2, -0.15) is 5.10 Å². The van der Waals surface area contributed by atoms with Crippen LogP contribution >= 0.6 is 11.6 Å². The molecule has 0 atom stereocenters. The molecule has 1 amide bonds. The Bertz CT molecular complexity index is 950. The Morgan fingerprint density at radius 1 is 1.08 bits per heavy atom. The molecule has 0 heterocycles. The molecule has 0 saturated heterocycles. The van der Waals surface area contributed by atoms with Gasteiger partial charge in [-0.15, -0.1) is 0 Å². The van der Waals surface area contributed by atoms with Gasteiger partial charge in [-0.05, 0) is 47.0 Å². The van der Waals surface area contributed by atoms with E-state index in [1.165, 1.54) is 0 Å². The summed E-state index contributed by atoms with van der Waals surface area (Å²) in [4.78, 5) is 12.4. The fraction of sp³-hybridized carbons (Fsp3) is 0.100. The van der Waals surface area contributed by atoms with Gasteiger partial charge in [-0.25, -0.2) is 5.43 Å². The number of hydrogen-bond acceptors (Lipinski definition) is 3. The van der Waals surface area contributed by atoms with Crippen molar-refractivity contribution in [1.82, 2.24) is 5.43 Å². The van der Waals surface area contributed by atoms with E-state index in [2.05, 4.69) is 10.5 Å². The summed E-state index contributed by atoms with van der Waals surface area (Å²) < 4.78 is 0. The van der Waals surface area contributed by atoms with E-state index in [-0.39, 0.29) is 11.3 Å². The van der Waals surface area contributed by atoms with Crippen molar-refractivity contribution in [3.05, 3.63) is 76.8 Å². The van der Waals surface area contributed by atoms with E-state index in [4.69, 9.17) is 11.6 Å². The van der Waals surface area contributed by atoms with Crippen molar-refractivity contribution in [2.75, 3.05) is 0 Å². The Kier molecular flexibility index (Phi) is 5.00. The van der Waals surface area contributed by atoms with Crippen LogP contribution in [0.2, 0.25) is 5.02 Å². The van der Waals surface area contributed by atoms with Gasteiger partial charge in [0, 0.05) is 5.02 Å². The van der Waals surface area contributed by atoms with Crippen LogP contribution < -0.4 is 5.43 Å². The molecular weight excluding hydrogens is 336 g/mol. The molecule has 0 aliphatic rings. The van der Waals surface area contributed by atoms with Gasteiger partial charge in [0.1, 0.15) is 5.75 Å². The molecule has 2 N–H and O–H groups in total. The van der Waals surface area contributed by atoms with Gasteiger partial charge in [0.15, 0.2) is 0 Å². The number of carbonyl (C=O) groups is 1. The highest BCUT2D eigenvalue weighted by atomic mass is 35.5. The number of nitrogens with one attached hydrogen (secondary N) is 1. The van der Waals surface area contributed by atoms with Crippen LogP contribution in [-0.4, -0.2) is 16.7 Å². The number of nitrogens with zero attached hydrogens (tertiary/aromatic N) is 1. The molecule has 0 saturated carbocycles. The highest BCUT2D eigenvalue weighted by Crippen LogP contribution is 2.24. The Morgan fingerprint density at radius 3 is 2.36 bits per heavy atom. The predicted octanol–water partition coefficient (Wildman–Crippen LogP) is 4.74. The van der Waals surface area contributed by atoms with Crippen molar-refractivity contribution in [1.29, 1.82) is 0 Å². The second-order valence-corrected chi connectivity index (χ2v) is 6.01. The molecule has 0 unspecified atom stereocenters. The molecule has 126 valence electrons. The van der Waals surface area contributed by atoms with Gasteiger partial charge in [0.05, 0.1) is 11.3 Å². The summed E-state index contributed by atoms with van der Waals surface area (Å²) in [5, 5.41) is 16.7. The highest BCUT2D eigenvalue weighted by molar-refractivity contribution is 6.30. The lowest BCUT2D eigenvalue weighted by molar-refractivity contribution is 0.0952. The minimum absolute atomic E-state index is 0.0732. The van der Waals surface area contributed by atoms with Gasteiger partial charge >= 0.3 is 0 Å². The molecule has 4 nitrogen and oxygen atoms in total. The first kappa shape index (κ1) is 17.0. The van der Waals surface area contributed by atoms with Crippen LogP contribution in [0, 0.1) is 0 Å². The molecule has 25 heavy (non-hydrogen) atoms. The minimum atomic E-state index is -0.455. The molecule has 5 heteroatoms. The highest BCUT2D eigenvalue weighted by Gasteiger charge is 2.12. The fourth-order valence-corrected chi connectivity index (χ4v) is 2.70. The summed E-state index contributed by atoms with van der Waals surface area (Å²) in [6, 6.07) is 18.0. The topological polar surface area (TPSA) is 61.7 Å². The molecule has 0 aromatic heterocycles. The number of aromatic hydroxyl groups is 1. The lowest BCUT2D eigenvalue weighted by Gasteiger charge is -2.08. The van der Waals surface area contributed by atoms with Crippen LogP contribution in [0.1, 0.15) is 29.3 Å². The minimum Gasteiger partial charge on any atom is -0.507 e. The van der Waals surface area contributed by atoms with E-state index < -0.39 is 5.91 Å². The van der Waals surface area contributed by atoms with E-state index >= 15 is 0 Å². The molecule has 3 rings (SSSR count). The predicted molar refractivity (Wildman–Crippen MR) is 101 cm³/mol. The van der Waals surface area contributed by atoms with Crippen LogP contribution in [-0.2, 0) is 0 Å². The molecule has 0 fully saturated rings. The van der Waals surface area contributed by atoms with E-state index in [0.29, 0.717) is 11.4 Å². The van der Waals surface area contributed by atoms with Crippen molar-refractivity contribution < 1.29 is 9.90 Å². The summed E-state index contributed by atoms with van der Waals surface area (Å²) in [5.41, 5.74) is 4.32. The first-order valence-corrected chi connectivity index (χ1v) is 8.31. The first-order chi connectivity index (χ1) is 12.1.